The minimum absolute atomic E-state index is 0.104. The highest BCUT2D eigenvalue weighted by atomic mass is 19.4. The molecule has 0 aliphatic carbocycles. The number of alkyl halides is 3. The number of halogens is 3. The van der Waals surface area contributed by atoms with Gasteiger partial charge in [0.1, 0.15) is 11.9 Å². The van der Waals surface area contributed by atoms with Gasteiger partial charge in [-0.25, -0.2) is 9.59 Å². The maximum atomic E-state index is 13.7. The van der Waals surface area contributed by atoms with Gasteiger partial charge in [0.05, 0.1) is 30.3 Å². The Morgan fingerprint density at radius 1 is 0.957 bits per heavy atom. The van der Waals surface area contributed by atoms with Crippen LogP contribution in [0.1, 0.15) is 29.8 Å². The molecule has 3 aromatic rings. The third-order valence-corrected chi connectivity index (χ3v) is 7.82. The molecule has 5 rings (SSSR count). The van der Waals surface area contributed by atoms with E-state index in [0.717, 1.165) is 24.3 Å². The van der Waals surface area contributed by atoms with Crippen LogP contribution in [0.2, 0.25) is 0 Å². The lowest BCUT2D eigenvalue weighted by Gasteiger charge is -2.38. The van der Waals surface area contributed by atoms with Crippen molar-refractivity contribution < 1.29 is 46.9 Å². The molecule has 3 atom stereocenters. The predicted octanol–water partition coefficient (Wildman–Crippen LogP) is 5.46. The van der Waals surface area contributed by atoms with E-state index in [4.69, 9.17) is 14.2 Å². The largest absolute Gasteiger partial charge is 0.487 e. The molecule has 4 N–H and O–H groups in total. The minimum atomic E-state index is -4.51. The second-order valence-electron chi connectivity index (χ2n) is 11.4. The predicted molar refractivity (Wildman–Crippen MR) is 166 cm³/mol. The number of ether oxygens (including phenoxy) is 3. The number of nitrogens with zero attached hydrogens (tertiary/aromatic N) is 2. The molecular formula is C32H34F3N5O7. The first-order valence-electron chi connectivity index (χ1n) is 14.7. The summed E-state index contributed by atoms with van der Waals surface area (Å²) in [5, 5.41) is 17.8. The maximum Gasteiger partial charge on any atom is 0.416 e. The Balaban J connectivity index is 1.31. The van der Waals surface area contributed by atoms with Crippen molar-refractivity contribution in [2.75, 3.05) is 49.5 Å². The number of likely N-dealkylation sites (N-methyl/N-ethyl adjacent to an activating group) is 1. The quantitative estimate of drug-likeness (QED) is 0.264. The van der Waals surface area contributed by atoms with Gasteiger partial charge in [0, 0.05) is 42.6 Å². The van der Waals surface area contributed by atoms with Crippen molar-refractivity contribution in [3.8, 4) is 17.2 Å². The van der Waals surface area contributed by atoms with Crippen LogP contribution < -0.4 is 30.2 Å². The molecule has 0 bridgehead atoms. The van der Waals surface area contributed by atoms with Gasteiger partial charge < -0.3 is 45.1 Å². The van der Waals surface area contributed by atoms with Gasteiger partial charge >= 0.3 is 18.2 Å². The van der Waals surface area contributed by atoms with Crippen LogP contribution in [0.3, 0.4) is 0 Å². The number of aliphatic hydroxyl groups is 1. The van der Waals surface area contributed by atoms with Crippen LogP contribution in [-0.4, -0.2) is 78.6 Å². The van der Waals surface area contributed by atoms with E-state index in [1.165, 1.54) is 28.0 Å². The standard InChI is InChI=1S/C32H34F3N5O7/c1-18-14-40(19(2)16-41)29(42)24-12-22(37-30(43)36-21-6-4-20(5-7-21)32(33,34)35)8-10-25(24)47-28(18)15-39(3)31(44)38-23-9-11-26-27(13-23)46-17-45-26/h4-13,18-19,28,41H,14-17H2,1-3H3,(H,38,44)(H2,36,37,43)/t18-,19+,28-/m0/s1. The Morgan fingerprint density at radius 2 is 1.57 bits per heavy atom. The summed E-state index contributed by atoms with van der Waals surface area (Å²) in [7, 11) is 1.61. The number of rotatable bonds is 7. The molecule has 15 heteroatoms. The van der Waals surface area contributed by atoms with Crippen molar-refractivity contribution in [1.82, 2.24) is 9.80 Å². The van der Waals surface area contributed by atoms with Gasteiger partial charge in [-0.15, -0.1) is 0 Å². The van der Waals surface area contributed by atoms with Crippen molar-refractivity contribution >= 4 is 35.0 Å². The van der Waals surface area contributed by atoms with E-state index in [-0.39, 0.29) is 55.1 Å². The normalized spacial score (nSPS) is 17.9. The number of carbonyl (C=O) groups excluding carboxylic acids is 3. The highest BCUT2D eigenvalue weighted by Gasteiger charge is 2.34. The minimum Gasteiger partial charge on any atom is -0.487 e. The highest BCUT2D eigenvalue weighted by Crippen LogP contribution is 2.35. The molecule has 0 saturated heterocycles. The Bertz CT molecular complexity index is 1640. The van der Waals surface area contributed by atoms with Crippen molar-refractivity contribution in [2.45, 2.75) is 32.2 Å². The van der Waals surface area contributed by atoms with Crippen LogP contribution in [0.25, 0.3) is 0 Å². The van der Waals surface area contributed by atoms with E-state index in [1.54, 1.807) is 32.2 Å². The van der Waals surface area contributed by atoms with Crippen molar-refractivity contribution in [2.24, 2.45) is 5.92 Å². The van der Waals surface area contributed by atoms with Gasteiger partial charge in [-0.3, -0.25) is 4.79 Å². The van der Waals surface area contributed by atoms with Gasteiger partial charge in [0.15, 0.2) is 11.5 Å². The molecule has 5 amide bonds. The second kappa shape index (κ2) is 13.7. The summed E-state index contributed by atoms with van der Waals surface area (Å²) in [6.07, 6.45) is -5.09. The third-order valence-electron chi connectivity index (χ3n) is 7.82. The van der Waals surface area contributed by atoms with Gasteiger partial charge in [0.25, 0.3) is 5.91 Å². The lowest BCUT2D eigenvalue weighted by atomic mass is 9.99. The number of benzene rings is 3. The number of amides is 5. The molecule has 0 fully saturated rings. The van der Waals surface area contributed by atoms with Crippen LogP contribution in [0.4, 0.5) is 39.8 Å². The van der Waals surface area contributed by atoms with E-state index in [9.17, 15) is 32.7 Å². The van der Waals surface area contributed by atoms with Crippen molar-refractivity contribution in [1.29, 1.82) is 0 Å². The number of hydrogen-bond acceptors (Lipinski definition) is 7. The van der Waals surface area contributed by atoms with Gasteiger partial charge in [-0.1, -0.05) is 6.92 Å². The van der Waals surface area contributed by atoms with E-state index in [0.29, 0.717) is 17.2 Å². The summed E-state index contributed by atoms with van der Waals surface area (Å²) in [6.45, 7) is 3.73. The van der Waals surface area contributed by atoms with Gasteiger partial charge in [0.2, 0.25) is 6.79 Å². The molecular weight excluding hydrogens is 623 g/mol. The Labute approximate surface area is 268 Å². The molecule has 0 saturated carbocycles. The van der Waals surface area contributed by atoms with Gasteiger partial charge in [-0.2, -0.15) is 13.2 Å². The van der Waals surface area contributed by atoms with E-state index in [2.05, 4.69) is 16.0 Å². The number of fused-ring (bicyclic) bond motifs is 2. The summed E-state index contributed by atoms with van der Waals surface area (Å²) >= 11 is 0. The molecule has 47 heavy (non-hydrogen) atoms. The number of aliphatic hydroxyl groups excluding tert-OH is 1. The van der Waals surface area contributed by atoms with E-state index < -0.39 is 41.9 Å². The first kappa shape index (κ1) is 33.2. The fraction of sp³-hybridized carbons (Fsp3) is 0.344. The third kappa shape index (κ3) is 7.80. The molecule has 3 aromatic carbocycles. The summed E-state index contributed by atoms with van der Waals surface area (Å²) in [5.41, 5.74) is 0.121. The summed E-state index contributed by atoms with van der Waals surface area (Å²) in [4.78, 5) is 42.4. The highest BCUT2D eigenvalue weighted by molar-refractivity contribution is 6.02. The van der Waals surface area contributed by atoms with Crippen molar-refractivity contribution in [3.63, 3.8) is 0 Å². The number of carbonyl (C=O) groups is 3. The monoisotopic (exact) mass is 657 g/mol. The van der Waals surface area contributed by atoms with Crippen LogP contribution in [-0.2, 0) is 6.18 Å². The van der Waals surface area contributed by atoms with Gasteiger partial charge in [-0.05, 0) is 61.5 Å². The lowest BCUT2D eigenvalue weighted by molar-refractivity contribution is -0.137. The summed E-state index contributed by atoms with van der Waals surface area (Å²) < 4.78 is 55.6. The van der Waals surface area contributed by atoms with Crippen LogP contribution in [0, 0.1) is 5.92 Å². The zero-order valence-corrected chi connectivity index (χ0v) is 25.8. The second-order valence-corrected chi connectivity index (χ2v) is 11.4. The zero-order chi connectivity index (χ0) is 33.9. The average Bonchev–Trinajstić information content (AvgIpc) is 3.50. The summed E-state index contributed by atoms with van der Waals surface area (Å²) in [5.74, 6) is 0.607. The number of nitrogens with one attached hydrogen (secondary N) is 3. The van der Waals surface area contributed by atoms with Crippen LogP contribution in [0.15, 0.2) is 60.7 Å². The fourth-order valence-electron chi connectivity index (χ4n) is 5.10. The molecule has 2 aliphatic heterocycles. The molecule has 0 aromatic heterocycles. The van der Waals surface area contributed by atoms with E-state index in [1.807, 2.05) is 6.92 Å². The first-order chi connectivity index (χ1) is 22.3. The van der Waals surface area contributed by atoms with Crippen LogP contribution in [0.5, 0.6) is 17.2 Å². The first-order valence-corrected chi connectivity index (χ1v) is 14.7. The van der Waals surface area contributed by atoms with Crippen LogP contribution >= 0.6 is 0 Å². The Kier molecular flexibility index (Phi) is 9.65. The molecule has 2 aliphatic rings. The maximum absolute atomic E-state index is 13.7. The Morgan fingerprint density at radius 3 is 2.26 bits per heavy atom. The number of anilines is 3. The van der Waals surface area contributed by atoms with E-state index >= 15 is 0 Å². The van der Waals surface area contributed by atoms with Crippen molar-refractivity contribution in [3.05, 3.63) is 71.8 Å². The number of urea groups is 2. The molecule has 250 valence electrons. The molecule has 0 radical (unpaired) electrons. The summed E-state index contributed by atoms with van der Waals surface area (Å²) in [6, 6.07) is 11.8. The fourth-order valence-corrected chi connectivity index (χ4v) is 5.10. The lowest BCUT2D eigenvalue weighted by Crippen LogP contribution is -2.50. The molecule has 12 nitrogen and oxygen atoms in total. The smallest absolute Gasteiger partial charge is 0.416 e. The molecule has 0 spiro atoms. The molecule has 0 unspecified atom stereocenters. The topological polar surface area (TPSA) is 142 Å². The average molecular weight is 658 g/mol. The Hall–Kier alpha value is -5.18. The zero-order valence-electron chi connectivity index (χ0n) is 25.8. The number of hydrogen-bond donors (Lipinski definition) is 4. The SMILES string of the molecule is C[C@H](CO)N1C[C@H](C)[C@H](CN(C)C(=O)Nc2ccc3c(c2)OCO3)Oc2ccc(NC(=O)Nc3ccc(C(F)(F)F)cc3)cc2C1=O. The molecule has 2 heterocycles.